The van der Waals surface area contributed by atoms with E-state index >= 15 is 0 Å². The molecule has 7 nitrogen and oxygen atoms in total. The number of aromatic nitrogens is 4. The van der Waals surface area contributed by atoms with Crippen LogP contribution in [0.3, 0.4) is 0 Å². The minimum atomic E-state index is -0.0187. The average molecular weight is 385 g/mol. The first-order valence-electron chi connectivity index (χ1n) is 8.73. The van der Waals surface area contributed by atoms with E-state index in [4.69, 9.17) is 4.52 Å². The smallest absolute Gasteiger partial charge is 0.230 e. The highest BCUT2D eigenvalue weighted by Crippen LogP contribution is 2.15. The van der Waals surface area contributed by atoms with E-state index in [-0.39, 0.29) is 5.91 Å². The minimum absolute atomic E-state index is 0.0187. The van der Waals surface area contributed by atoms with Crippen LogP contribution in [0.15, 0.2) is 34.9 Å². The maximum Gasteiger partial charge on any atom is 0.230 e. The van der Waals surface area contributed by atoms with Crippen LogP contribution < -0.4 is 5.32 Å². The molecule has 3 rings (SSSR count). The number of thioether (sulfide) groups is 1. The lowest BCUT2D eigenvalue weighted by Crippen LogP contribution is -2.25. The molecule has 2 aromatic heterocycles. The molecule has 0 aliphatic rings. The molecular weight excluding hydrogens is 362 g/mol. The number of benzene rings is 1. The van der Waals surface area contributed by atoms with Crippen LogP contribution in [0.1, 0.15) is 34.2 Å². The zero-order valence-corrected chi connectivity index (χ0v) is 16.5. The largest absolute Gasteiger partial charge is 0.351 e. The van der Waals surface area contributed by atoms with Gasteiger partial charge < -0.3 is 9.84 Å². The molecule has 0 spiro atoms. The molecule has 0 unspecified atom stereocenters. The predicted octanol–water partition coefficient (Wildman–Crippen LogP) is 2.79. The second-order valence-electron chi connectivity index (χ2n) is 6.29. The van der Waals surface area contributed by atoms with Crippen molar-refractivity contribution in [2.75, 3.05) is 5.75 Å². The molecule has 0 fully saturated rings. The van der Waals surface area contributed by atoms with E-state index in [1.165, 1.54) is 17.3 Å². The van der Waals surface area contributed by atoms with Gasteiger partial charge in [-0.25, -0.2) is 0 Å². The SMILES string of the molecule is Cc1nc(CSCC(=O)NCc2c(C)nn(Cc3ccccc3)c2C)no1. The summed E-state index contributed by atoms with van der Waals surface area (Å²) >= 11 is 1.46. The third-order valence-corrected chi connectivity index (χ3v) is 5.13. The highest BCUT2D eigenvalue weighted by molar-refractivity contribution is 7.99. The zero-order valence-electron chi connectivity index (χ0n) is 15.7. The van der Waals surface area contributed by atoms with E-state index in [2.05, 4.69) is 32.7 Å². The Kier molecular flexibility index (Phi) is 6.28. The molecule has 1 amide bonds. The lowest BCUT2D eigenvalue weighted by molar-refractivity contribution is -0.118. The second-order valence-corrected chi connectivity index (χ2v) is 7.28. The van der Waals surface area contributed by atoms with Gasteiger partial charge in [-0.3, -0.25) is 9.48 Å². The Morgan fingerprint density at radius 2 is 2.00 bits per heavy atom. The van der Waals surface area contributed by atoms with Crippen LogP contribution in [0.2, 0.25) is 0 Å². The molecule has 0 radical (unpaired) electrons. The van der Waals surface area contributed by atoms with E-state index in [0.717, 1.165) is 23.5 Å². The van der Waals surface area contributed by atoms with E-state index < -0.39 is 0 Å². The Bertz CT molecular complexity index is 904. The Balaban J connectivity index is 1.50. The van der Waals surface area contributed by atoms with Crippen molar-refractivity contribution in [1.29, 1.82) is 0 Å². The molecule has 0 aliphatic heterocycles. The van der Waals surface area contributed by atoms with E-state index in [1.807, 2.05) is 36.7 Å². The number of aryl methyl sites for hydroxylation is 2. The average Bonchev–Trinajstić information content (AvgIpc) is 3.17. The van der Waals surface area contributed by atoms with Crippen LogP contribution in [0, 0.1) is 20.8 Å². The summed E-state index contributed by atoms with van der Waals surface area (Å²) in [6.07, 6.45) is 0. The monoisotopic (exact) mass is 385 g/mol. The van der Waals surface area contributed by atoms with Crippen LogP contribution in [0.4, 0.5) is 0 Å². The van der Waals surface area contributed by atoms with Crippen molar-refractivity contribution < 1.29 is 9.32 Å². The normalized spacial score (nSPS) is 10.9. The van der Waals surface area contributed by atoms with Gasteiger partial charge in [-0.1, -0.05) is 35.5 Å². The lowest BCUT2D eigenvalue weighted by atomic mass is 10.2. The van der Waals surface area contributed by atoms with Crippen LogP contribution in [0.5, 0.6) is 0 Å². The number of hydrogen-bond donors (Lipinski definition) is 1. The van der Waals surface area contributed by atoms with Gasteiger partial charge in [-0.15, -0.1) is 11.8 Å². The molecule has 142 valence electrons. The van der Waals surface area contributed by atoms with Crippen molar-refractivity contribution in [1.82, 2.24) is 25.2 Å². The van der Waals surface area contributed by atoms with Gasteiger partial charge in [0.2, 0.25) is 11.8 Å². The third-order valence-electron chi connectivity index (χ3n) is 4.20. The number of nitrogens with zero attached hydrogens (tertiary/aromatic N) is 4. The molecule has 8 heteroatoms. The fourth-order valence-electron chi connectivity index (χ4n) is 2.77. The van der Waals surface area contributed by atoms with Crippen molar-refractivity contribution in [3.63, 3.8) is 0 Å². The fraction of sp³-hybridized carbons (Fsp3) is 0.368. The summed E-state index contributed by atoms with van der Waals surface area (Å²) in [4.78, 5) is 16.2. The number of nitrogens with one attached hydrogen (secondary N) is 1. The van der Waals surface area contributed by atoms with Gasteiger partial charge >= 0.3 is 0 Å². The number of carbonyl (C=O) groups excluding carboxylic acids is 1. The summed E-state index contributed by atoms with van der Waals surface area (Å²) in [6, 6.07) is 10.2. The van der Waals surface area contributed by atoms with E-state index in [0.29, 0.717) is 29.8 Å². The summed E-state index contributed by atoms with van der Waals surface area (Å²) in [5.41, 5.74) is 4.29. The molecule has 0 atom stereocenters. The number of rotatable bonds is 8. The van der Waals surface area contributed by atoms with Crippen LogP contribution in [0.25, 0.3) is 0 Å². The first-order chi connectivity index (χ1) is 13.0. The summed E-state index contributed by atoms with van der Waals surface area (Å²) < 4.78 is 6.90. The fourth-order valence-corrected chi connectivity index (χ4v) is 3.46. The molecule has 1 N–H and O–H groups in total. The van der Waals surface area contributed by atoms with Gasteiger partial charge in [-0.2, -0.15) is 10.1 Å². The van der Waals surface area contributed by atoms with Gasteiger partial charge in [0.25, 0.3) is 0 Å². The molecule has 1 aromatic carbocycles. The zero-order chi connectivity index (χ0) is 19.2. The number of carbonyl (C=O) groups is 1. The van der Waals surface area contributed by atoms with Crippen molar-refractivity contribution in [3.8, 4) is 0 Å². The second kappa shape index (κ2) is 8.85. The molecule has 2 heterocycles. The van der Waals surface area contributed by atoms with Gasteiger partial charge in [0, 0.05) is 24.7 Å². The quantitative estimate of drug-likeness (QED) is 0.642. The highest BCUT2D eigenvalue weighted by atomic mass is 32.2. The predicted molar refractivity (Wildman–Crippen MR) is 104 cm³/mol. The molecule has 3 aromatic rings. The van der Waals surface area contributed by atoms with E-state index in [9.17, 15) is 4.79 Å². The van der Waals surface area contributed by atoms with Gasteiger partial charge in [-0.05, 0) is 19.4 Å². The molecule has 0 bridgehead atoms. The molecule has 0 saturated carbocycles. The molecule has 27 heavy (non-hydrogen) atoms. The maximum atomic E-state index is 12.1. The Labute approximate surface area is 162 Å². The first-order valence-corrected chi connectivity index (χ1v) is 9.89. The number of hydrogen-bond acceptors (Lipinski definition) is 6. The van der Waals surface area contributed by atoms with Crippen molar-refractivity contribution in [2.45, 2.75) is 39.6 Å². The van der Waals surface area contributed by atoms with Crippen LogP contribution in [-0.2, 0) is 23.6 Å². The van der Waals surface area contributed by atoms with Gasteiger partial charge in [0.15, 0.2) is 5.82 Å². The minimum Gasteiger partial charge on any atom is -0.351 e. The number of amides is 1. The first kappa shape index (κ1) is 19.2. The molecule has 0 saturated heterocycles. The summed E-state index contributed by atoms with van der Waals surface area (Å²) in [5.74, 6) is 2.03. The summed E-state index contributed by atoms with van der Waals surface area (Å²) in [7, 11) is 0. The maximum absolute atomic E-state index is 12.1. The van der Waals surface area contributed by atoms with Gasteiger partial charge in [0.05, 0.1) is 23.7 Å². The summed E-state index contributed by atoms with van der Waals surface area (Å²) in [5, 5.41) is 11.4. The summed E-state index contributed by atoms with van der Waals surface area (Å²) in [6.45, 7) is 6.96. The van der Waals surface area contributed by atoms with Crippen molar-refractivity contribution >= 4 is 17.7 Å². The topological polar surface area (TPSA) is 85.8 Å². The Hall–Kier alpha value is -2.61. The van der Waals surface area contributed by atoms with E-state index in [1.54, 1.807) is 6.92 Å². The highest BCUT2D eigenvalue weighted by Gasteiger charge is 2.13. The van der Waals surface area contributed by atoms with Crippen LogP contribution in [-0.4, -0.2) is 31.6 Å². The Morgan fingerprint density at radius 3 is 2.70 bits per heavy atom. The lowest BCUT2D eigenvalue weighted by Gasteiger charge is -2.07. The van der Waals surface area contributed by atoms with Crippen LogP contribution >= 0.6 is 11.8 Å². The Morgan fingerprint density at radius 1 is 1.22 bits per heavy atom. The molecular formula is C19H23N5O2S. The van der Waals surface area contributed by atoms with Crippen molar-refractivity contribution in [3.05, 3.63) is 64.6 Å². The molecule has 0 aliphatic carbocycles. The standard InChI is InChI=1S/C19H23N5O2S/c1-13-17(14(2)24(22-13)10-16-7-5-4-6-8-16)9-20-19(25)12-27-11-18-21-15(3)26-23-18/h4-8H,9-12H2,1-3H3,(H,20,25). The third kappa shape index (κ3) is 5.19. The van der Waals surface area contributed by atoms with Crippen molar-refractivity contribution in [2.24, 2.45) is 0 Å². The van der Waals surface area contributed by atoms with Gasteiger partial charge in [0.1, 0.15) is 0 Å².